The summed E-state index contributed by atoms with van der Waals surface area (Å²) in [6, 6.07) is 66.0. The summed E-state index contributed by atoms with van der Waals surface area (Å²) in [5, 5.41) is 5.23. The van der Waals surface area contributed by atoms with E-state index in [2.05, 4.69) is 180 Å². The molecule has 0 N–H and O–H groups in total. The van der Waals surface area contributed by atoms with Crippen LogP contribution in [0.3, 0.4) is 0 Å². The van der Waals surface area contributed by atoms with Gasteiger partial charge in [0.2, 0.25) is 0 Å². The number of hydrogen-bond acceptors (Lipinski definition) is 1. The van der Waals surface area contributed by atoms with E-state index in [0.29, 0.717) is 0 Å². The van der Waals surface area contributed by atoms with Crippen LogP contribution in [0.15, 0.2) is 176 Å². The van der Waals surface area contributed by atoms with Crippen molar-refractivity contribution in [1.82, 2.24) is 4.57 Å². The topological polar surface area (TPSA) is 4.93 Å². The minimum Gasteiger partial charge on any atom is -0.309 e. The Hall–Kier alpha value is -6.22. The largest absolute Gasteiger partial charge is 0.309 e. The van der Waals surface area contributed by atoms with Gasteiger partial charge < -0.3 is 4.57 Å². The monoisotopic (exact) mass is 663 g/mol. The van der Waals surface area contributed by atoms with Crippen molar-refractivity contribution in [2.24, 2.45) is 0 Å². The summed E-state index contributed by atoms with van der Waals surface area (Å²) in [6.07, 6.45) is 0. The van der Waals surface area contributed by atoms with Gasteiger partial charge in [-0.3, -0.25) is 0 Å². The lowest BCUT2D eigenvalue weighted by Crippen LogP contribution is -2.26. The molecule has 0 amide bonds. The zero-order valence-electron chi connectivity index (χ0n) is 27.6. The Balaban J connectivity index is 1.18. The van der Waals surface area contributed by atoms with Gasteiger partial charge in [0.05, 0.1) is 16.4 Å². The predicted molar refractivity (Wildman–Crippen MR) is 215 cm³/mol. The van der Waals surface area contributed by atoms with Crippen molar-refractivity contribution in [2.45, 2.75) is 5.41 Å². The average Bonchev–Trinajstić information content (AvgIpc) is 3.91. The first-order valence-electron chi connectivity index (χ1n) is 17.7. The van der Waals surface area contributed by atoms with Crippen LogP contribution in [0.5, 0.6) is 0 Å². The van der Waals surface area contributed by atoms with Gasteiger partial charge in [-0.1, -0.05) is 140 Å². The molecule has 0 saturated carbocycles. The Bertz CT molecular complexity index is 3000. The minimum absolute atomic E-state index is 0.448. The van der Waals surface area contributed by atoms with E-state index in [1.54, 1.807) is 0 Å². The molecule has 0 atom stereocenters. The zero-order chi connectivity index (χ0) is 33.3. The van der Waals surface area contributed by atoms with Crippen LogP contribution in [0.25, 0.3) is 81.0 Å². The minimum atomic E-state index is -0.448. The molecule has 8 aromatic carbocycles. The van der Waals surface area contributed by atoms with Crippen LogP contribution in [0.2, 0.25) is 0 Å². The van der Waals surface area contributed by atoms with E-state index in [1.807, 2.05) is 11.3 Å². The van der Waals surface area contributed by atoms with Crippen LogP contribution in [-0.2, 0) is 5.41 Å². The Kier molecular flexibility index (Phi) is 5.38. The Morgan fingerprint density at radius 3 is 1.63 bits per heavy atom. The number of hydrogen-bond donors (Lipinski definition) is 0. The van der Waals surface area contributed by atoms with Crippen LogP contribution in [0.1, 0.15) is 22.3 Å². The Morgan fingerprint density at radius 1 is 0.373 bits per heavy atom. The van der Waals surface area contributed by atoms with Gasteiger partial charge in [0.1, 0.15) is 0 Å². The van der Waals surface area contributed by atoms with Gasteiger partial charge in [-0.25, -0.2) is 0 Å². The first kappa shape index (κ1) is 27.6. The second-order valence-electron chi connectivity index (χ2n) is 14.0. The van der Waals surface area contributed by atoms with Crippen LogP contribution in [0, 0.1) is 0 Å². The number of benzene rings is 8. The van der Waals surface area contributed by atoms with Gasteiger partial charge in [0.15, 0.2) is 0 Å². The summed E-state index contributed by atoms with van der Waals surface area (Å²) in [7, 11) is 0. The van der Waals surface area contributed by atoms with Crippen LogP contribution >= 0.6 is 11.3 Å². The lowest BCUT2D eigenvalue weighted by atomic mass is 9.70. The summed E-state index contributed by atoms with van der Waals surface area (Å²) in [6.45, 7) is 0. The van der Waals surface area contributed by atoms with Crippen LogP contribution in [-0.4, -0.2) is 4.57 Å². The molecule has 2 aromatic heterocycles. The maximum Gasteiger partial charge on any atom is 0.0726 e. The molecule has 1 spiro atoms. The number of para-hydroxylation sites is 2. The van der Waals surface area contributed by atoms with E-state index in [-0.39, 0.29) is 0 Å². The number of fused-ring (bicyclic) bond motifs is 16. The van der Waals surface area contributed by atoms with Crippen molar-refractivity contribution in [1.29, 1.82) is 0 Å². The molecule has 51 heavy (non-hydrogen) atoms. The number of thiophene rings is 1. The summed E-state index contributed by atoms with van der Waals surface area (Å²) in [5.41, 5.74) is 16.5. The van der Waals surface area contributed by atoms with Crippen molar-refractivity contribution < 1.29 is 0 Å². The summed E-state index contributed by atoms with van der Waals surface area (Å²) < 4.78 is 5.15. The van der Waals surface area contributed by atoms with Crippen molar-refractivity contribution in [3.05, 3.63) is 198 Å². The predicted octanol–water partition coefficient (Wildman–Crippen LogP) is 13.2. The zero-order valence-corrected chi connectivity index (χ0v) is 28.4. The first-order valence-corrected chi connectivity index (χ1v) is 18.5. The maximum atomic E-state index is 2.52. The third kappa shape index (κ3) is 3.45. The highest BCUT2D eigenvalue weighted by atomic mass is 32.1. The maximum absolute atomic E-state index is 2.52. The molecule has 10 aromatic rings. The molecule has 0 saturated heterocycles. The number of nitrogens with zero attached hydrogens (tertiary/aromatic N) is 1. The highest BCUT2D eigenvalue weighted by molar-refractivity contribution is 7.26. The van der Waals surface area contributed by atoms with Crippen molar-refractivity contribution in [3.8, 4) is 39.1 Å². The molecule has 0 aliphatic heterocycles. The summed E-state index contributed by atoms with van der Waals surface area (Å²) >= 11 is 1.90. The molecule has 2 aliphatic carbocycles. The second kappa shape index (κ2) is 9.94. The molecule has 0 bridgehead atoms. The SMILES string of the molecule is c1ccc2c(c1)-c1ccccc1C21c2cc(-c3cccc4c3sc3ccccc34)ccc2-c2ccc(-n3c4ccccc4c4ccccc43)cc21. The lowest BCUT2D eigenvalue weighted by molar-refractivity contribution is 0.793. The molecule has 1 nitrogen and oxygen atoms in total. The highest BCUT2D eigenvalue weighted by Crippen LogP contribution is 2.63. The number of rotatable bonds is 2. The Labute approximate surface area is 299 Å². The van der Waals surface area contributed by atoms with E-state index in [0.717, 1.165) is 0 Å². The molecule has 0 radical (unpaired) electrons. The molecule has 236 valence electrons. The average molecular weight is 664 g/mol. The molecule has 2 aliphatic rings. The van der Waals surface area contributed by atoms with Crippen molar-refractivity contribution in [2.75, 3.05) is 0 Å². The van der Waals surface area contributed by atoms with E-state index in [1.165, 1.54) is 103 Å². The second-order valence-corrected chi connectivity index (χ2v) is 15.0. The smallest absolute Gasteiger partial charge is 0.0726 e. The van der Waals surface area contributed by atoms with Crippen LogP contribution < -0.4 is 0 Å². The summed E-state index contributed by atoms with van der Waals surface area (Å²) in [4.78, 5) is 0. The number of aromatic nitrogens is 1. The molecular formula is C49H29NS. The molecular weight excluding hydrogens is 635 g/mol. The van der Waals surface area contributed by atoms with Gasteiger partial charge in [-0.15, -0.1) is 11.3 Å². The van der Waals surface area contributed by atoms with Gasteiger partial charge >= 0.3 is 0 Å². The normalized spacial score (nSPS) is 13.6. The van der Waals surface area contributed by atoms with Gasteiger partial charge in [-0.2, -0.15) is 0 Å². The fourth-order valence-corrected chi connectivity index (χ4v) is 10.8. The fraction of sp³-hybridized carbons (Fsp3) is 0.0204. The molecule has 0 unspecified atom stereocenters. The summed E-state index contributed by atoms with van der Waals surface area (Å²) in [5.74, 6) is 0. The van der Waals surface area contributed by atoms with Gasteiger partial charge in [0.25, 0.3) is 0 Å². The first-order chi connectivity index (χ1) is 25.3. The van der Waals surface area contributed by atoms with Crippen LogP contribution in [0.4, 0.5) is 0 Å². The van der Waals surface area contributed by atoms with E-state index >= 15 is 0 Å². The highest BCUT2D eigenvalue weighted by Gasteiger charge is 2.51. The fourth-order valence-electron chi connectivity index (χ4n) is 9.61. The van der Waals surface area contributed by atoms with E-state index < -0.39 is 5.41 Å². The van der Waals surface area contributed by atoms with Crippen molar-refractivity contribution in [3.63, 3.8) is 0 Å². The van der Waals surface area contributed by atoms with Gasteiger partial charge in [0, 0.05) is 36.6 Å². The van der Waals surface area contributed by atoms with E-state index in [4.69, 9.17) is 0 Å². The molecule has 2 heterocycles. The van der Waals surface area contributed by atoms with Gasteiger partial charge in [-0.05, 0) is 92.0 Å². The Morgan fingerprint density at radius 2 is 0.902 bits per heavy atom. The molecule has 2 heteroatoms. The molecule has 0 fully saturated rings. The third-order valence-electron chi connectivity index (χ3n) is 11.6. The van der Waals surface area contributed by atoms with Crippen molar-refractivity contribution >= 4 is 53.3 Å². The quantitative estimate of drug-likeness (QED) is 0.173. The lowest BCUT2D eigenvalue weighted by Gasteiger charge is -2.31. The molecule has 12 rings (SSSR count). The van der Waals surface area contributed by atoms with E-state index in [9.17, 15) is 0 Å². The third-order valence-corrected chi connectivity index (χ3v) is 12.8. The standard InChI is InChI=1S/C49H29NS/c1-6-19-41-33(12-1)34-13-2-7-20-42(34)49(41)43-28-30(32-17-11-18-40-39-16-5-10-23-47(39)51-48(32)40)24-26-35(43)36-27-25-31(29-44(36)49)50-45-21-8-3-14-37(45)38-15-4-9-22-46(38)50/h1-29H.